The minimum Gasteiger partial charge on any atom is -0.463 e. The van der Waals surface area contributed by atoms with E-state index in [-0.39, 0.29) is 0 Å². The third-order valence-electron chi connectivity index (χ3n) is 2.89. The van der Waals surface area contributed by atoms with Gasteiger partial charge in [-0.05, 0) is 12.7 Å². The van der Waals surface area contributed by atoms with Gasteiger partial charge in [-0.2, -0.15) is 0 Å². The summed E-state index contributed by atoms with van der Waals surface area (Å²) >= 11 is 0. The predicted octanol–water partition coefficient (Wildman–Crippen LogP) is 12.0. The van der Waals surface area contributed by atoms with Crippen LogP contribution in [-0.4, -0.2) is 36.4 Å². The second kappa shape index (κ2) is 36.4. The number of aliphatic hydroxyl groups is 1. The molecule has 0 aliphatic rings. The lowest BCUT2D eigenvalue weighted by atomic mass is 10.0. The maximum atomic E-state index is 13.3. The van der Waals surface area contributed by atoms with Crippen LogP contribution >= 0.6 is 0 Å². The molecule has 44 heavy (non-hydrogen) atoms. The summed E-state index contributed by atoms with van der Waals surface area (Å²) in [6, 6.07) is 0. The molecule has 0 radical (unpaired) electrons. The van der Waals surface area contributed by atoms with Crippen molar-refractivity contribution in [2.45, 2.75) is 224 Å². The Labute approximate surface area is 372 Å². The summed E-state index contributed by atoms with van der Waals surface area (Å²) in [6.07, 6.45) is -172. The molecule has 0 amide bonds. The fourth-order valence-corrected chi connectivity index (χ4v) is 1.44. The van der Waals surface area contributed by atoms with Gasteiger partial charge < -0.3 is 14.6 Å². The van der Waals surface area contributed by atoms with E-state index in [1.54, 1.807) is 0 Å². The number of esters is 2. The van der Waals surface area contributed by atoms with Crippen molar-refractivity contribution in [3.63, 3.8) is 0 Å². The Morgan fingerprint density at radius 3 is 0.932 bits per heavy atom. The monoisotopic (exact) mass is 695 g/mol. The van der Waals surface area contributed by atoms with Gasteiger partial charge in [0.15, 0.2) is 0 Å². The molecular weight excluding hydrogens is 548 g/mol. The second-order valence-electron chi connectivity index (χ2n) is 5.85. The van der Waals surface area contributed by atoms with E-state index in [0.29, 0.717) is 0 Å². The zero-order valence-corrected chi connectivity index (χ0v) is 22.1. The molecule has 0 rings (SSSR count). The summed E-state index contributed by atoms with van der Waals surface area (Å²) in [5.41, 5.74) is 0. The van der Waals surface area contributed by atoms with Gasteiger partial charge in [0, 0.05) is 109 Å². The lowest BCUT2D eigenvalue weighted by molar-refractivity contribution is -0.152. The van der Waals surface area contributed by atoms with Crippen LogP contribution in [0.3, 0.4) is 0 Å². The standard InChI is InChI=1S/C39H76O5/c1-3-5-7-9-11-13-15-17-19-21-23-25-27-29-31-33-38(41)43-35-37(40)36-44-39(42)34-32-30-28-26-24-22-20-18-16-14-12-10-8-6-4-2/h37,40H,3-36H2,1-2H3/i1D3,2D3,3D2,4D2,5D2,6D2,7D2,8D2,9D2,10D2,11D2,12D2,13D2,14D2,15D2,16D2,17D2,18D2,19D2,20D2,21D2,22D2,23D2,24D2,25D2,26D2,27D2,28D2,29D2,30D2,31D2,32D2,33D2,34D2. The molecule has 0 aromatic rings. The summed E-state index contributed by atoms with van der Waals surface area (Å²) in [5.74, 6) is -5.86. The first-order valence-corrected chi connectivity index (χ1v) is 11.0. The summed E-state index contributed by atoms with van der Waals surface area (Å²) in [5, 5.41) is 10.5. The number of rotatable bonds is 36. The zero-order valence-electron chi connectivity index (χ0n) is 92.1. The number of ether oxygens (including phenoxy) is 2. The van der Waals surface area contributed by atoms with Gasteiger partial charge in [0.1, 0.15) is 19.3 Å². The fourth-order valence-electron chi connectivity index (χ4n) is 1.44. The Hall–Kier alpha value is -1.10. The molecule has 0 saturated carbocycles. The number of carbonyl (C=O) groups excluding carboxylic acids is 2. The van der Waals surface area contributed by atoms with Crippen molar-refractivity contribution in [1.82, 2.24) is 0 Å². The molecule has 1 N–H and O–H groups in total. The highest BCUT2D eigenvalue weighted by Crippen LogP contribution is 2.15. The van der Waals surface area contributed by atoms with Gasteiger partial charge in [-0.15, -0.1) is 0 Å². The van der Waals surface area contributed by atoms with Gasteiger partial charge in [0.2, 0.25) is 0 Å². The quantitative estimate of drug-likeness (QED) is 0.0661. The first-order chi connectivity index (χ1) is 47.9. The van der Waals surface area contributed by atoms with Crippen LogP contribution < -0.4 is 0 Å². The van der Waals surface area contributed by atoms with Crippen LogP contribution in [0.1, 0.15) is 314 Å². The average molecular weight is 695 g/mol. The van der Waals surface area contributed by atoms with E-state index < -0.39 is 249 Å². The van der Waals surface area contributed by atoms with Crippen LogP contribution in [0.4, 0.5) is 0 Å². The number of aliphatic hydroxyl groups excluding tert-OH is 1. The molecule has 0 bridgehead atoms. The van der Waals surface area contributed by atoms with E-state index in [1.165, 1.54) is 0 Å². The van der Waals surface area contributed by atoms with Crippen molar-refractivity contribution in [2.75, 3.05) is 13.2 Å². The predicted molar refractivity (Wildman–Crippen MR) is 187 cm³/mol. The van der Waals surface area contributed by atoms with Gasteiger partial charge >= 0.3 is 11.9 Å². The molecule has 0 saturated heterocycles. The molecule has 5 nitrogen and oxygen atoms in total. The highest BCUT2D eigenvalue weighted by molar-refractivity contribution is 5.69. The van der Waals surface area contributed by atoms with Gasteiger partial charge in [-0.1, -0.05) is 192 Å². The van der Waals surface area contributed by atoms with Crippen molar-refractivity contribution in [1.29, 1.82) is 0 Å². The first kappa shape index (κ1) is 6.01. The maximum Gasteiger partial charge on any atom is 0.305 e. The normalized spacial score (nSPS) is 46.0. The topological polar surface area (TPSA) is 72.8 Å². The lowest BCUT2D eigenvalue weighted by Gasteiger charge is -2.12. The summed E-state index contributed by atoms with van der Waals surface area (Å²) in [6.45, 7) is -12.6. The summed E-state index contributed by atoms with van der Waals surface area (Å²) in [4.78, 5) is 26.5. The molecule has 5 heteroatoms. The van der Waals surface area contributed by atoms with Crippen molar-refractivity contribution in [3.8, 4) is 0 Å². The number of carbonyl (C=O) groups is 2. The lowest BCUT2D eigenvalue weighted by Crippen LogP contribution is -2.25. The Balaban J connectivity index is 7.53. The van der Waals surface area contributed by atoms with Gasteiger partial charge in [-0.25, -0.2) is 0 Å². The maximum absolute atomic E-state index is 13.3. The van der Waals surface area contributed by atoms with E-state index in [4.69, 9.17) is 96.0 Å². The van der Waals surface area contributed by atoms with Crippen LogP contribution in [-0.2, 0) is 19.1 Å². The van der Waals surface area contributed by atoms with E-state index in [2.05, 4.69) is 9.47 Å². The van der Waals surface area contributed by atoms with Crippen LogP contribution in [0.25, 0.3) is 0 Å². The molecule has 0 unspecified atom stereocenters. The van der Waals surface area contributed by atoms with Crippen molar-refractivity contribution in [3.05, 3.63) is 0 Å². The molecule has 0 heterocycles. The van der Waals surface area contributed by atoms with E-state index in [0.717, 1.165) is 0 Å². The fraction of sp³-hybridized carbons (Fsp3) is 0.949. The van der Waals surface area contributed by atoms with Gasteiger partial charge in [-0.3, -0.25) is 9.59 Å². The smallest absolute Gasteiger partial charge is 0.305 e. The van der Waals surface area contributed by atoms with Gasteiger partial charge in [0.25, 0.3) is 0 Å². The third-order valence-corrected chi connectivity index (χ3v) is 2.89. The highest BCUT2D eigenvalue weighted by atomic mass is 16.6. The van der Waals surface area contributed by atoms with Crippen molar-refractivity contribution in [2.24, 2.45) is 0 Å². The summed E-state index contributed by atoms with van der Waals surface area (Å²) < 4.78 is 580. The minimum atomic E-state index is -5.53. The molecule has 0 atom stereocenters. The van der Waals surface area contributed by atoms with Crippen molar-refractivity contribution < 1.29 is 120 Å². The SMILES string of the molecule is [2H]C([2H])([2H])C([2H])([2H])C([2H])([2H])C([2H])([2H])C([2H])([2H])C([2H])([2H])C([2H])([2H])C([2H])([2H])C([2H])([2H])C([2H])([2H])C([2H])([2H])C([2H])([2H])C([2H])([2H])C([2H])([2H])C([2H])([2H])C([2H])([2H])C([2H])([2H])C(=O)OCC(O)COC(=O)C([2H])([2H])C([2H])([2H])C([2H])([2H])C([2H])([2H])C([2H])([2H])C([2H])([2H])C([2H])([2H])C([2H])([2H])C([2H])([2H])C([2H])([2H])C([2H])([2H])C([2H])([2H])C([2H])([2H])C([2H])([2H])C([2H])([2H])C([2H])([2H])C([2H])([2H])[2H]. The zero-order chi connectivity index (χ0) is 94.6. The molecule has 0 fully saturated rings. The Morgan fingerprint density at radius 2 is 0.682 bits per heavy atom. The van der Waals surface area contributed by atoms with Gasteiger partial charge in [0.05, 0.1) is 0 Å². The van der Waals surface area contributed by atoms with E-state index in [9.17, 15) is 14.7 Å². The van der Waals surface area contributed by atoms with E-state index >= 15 is 0 Å². The number of hydrogen-bond donors (Lipinski definition) is 1. The summed E-state index contributed by atoms with van der Waals surface area (Å²) in [7, 11) is 0. The van der Waals surface area contributed by atoms with Crippen LogP contribution in [0, 0.1) is 0 Å². The van der Waals surface area contributed by atoms with Crippen molar-refractivity contribution >= 4 is 11.9 Å². The molecule has 0 aliphatic carbocycles. The Kier molecular flexibility index (Phi) is 4.97. The van der Waals surface area contributed by atoms with E-state index in [1.807, 2.05) is 0 Å². The molecule has 0 aliphatic heterocycles. The number of hydrogen-bond acceptors (Lipinski definition) is 5. The van der Waals surface area contributed by atoms with Crippen LogP contribution in [0.5, 0.6) is 0 Å². The largest absolute Gasteiger partial charge is 0.463 e. The molecule has 262 valence electrons. The molecular formula is C39H76O5. The Morgan fingerprint density at radius 1 is 0.455 bits per heavy atom. The minimum absolute atomic E-state index is 2.03. The van der Waals surface area contributed by atoms with Crippen LogP contribution in [0.2, 0.25) is 0 Å². The second-order valence-corrected chi connectivity index (χ2v) is 5.85. The van der Waals surface area contributed by atoms with Crippen LogP contribution in [0.15, 0.2) is 0 Å². The Bertz CT molecular complexity index is 3230. The third kappa shape index (κ3) is 35.4. The molecule has 0 spiro atoms. The molecule has 0 aromatic heterocycles. The molecule has 0 aromatic carbocycles. The first-order valence-electron chi connectivity index (χ1n) is 46.0. The highest BCUT2D eigenvalue weighted by Gasteiger charge is 2.12. The average Bonchev–Trinajstić information content (AvgIpc) is 0.680.